The second kappa shape index (κ2) is 5.88. The average molecular weight is 303 g/mol. The van der Waals surface area contributed by atoms with Crippen LogP contribution in [0.25, 0.3) is 0 Å². The van der Waals surface area contributed by atoms with Crippen LogP contribution < -0.4 is 4.72 Å². The molecule has 104 valence electrons. The third kappa shape index (κ3) is 4.18. The van der Waals surface area contributed by atoms with Gasteiger partial charge in [-0.05, 0) is 32.0 Å². The van der Waals surface area contributed by atoms with Gasteiger partial charge < -0.3 is 4.74 Å². The third-order valence-electron chi connectivity index (χ3n) is 2.27. The largest absolute Gasteiger partial charge is 0.383 e. The van der Waals surface area contributed by atoms with Crippen LogP contribution in [0.3, 0.4) is 0 Å². The van der Waals surface area contributed by atoms with Crippen molar-refractivity contribution in [2.45, 2.75) is 24.3 Å². The second-order valence-electron chi connectivity index (χ2n) is 4.68. The van der Waals surface area contributed by atoms with E-state index in [0.717, 1.165) is 0 Å². The van der Waals surface area contributed by atoms with Crippen LogP contribution in [0.5, 0.6) is 0 Å². The summed E-state index contributed by atoms with van der Waals surface area (Å²) in [6.45, 7) is 3.59. The first-order chi connectivity index (χ1) is 8.72. The van der Waals surface area contributed by atoms with Crippen LogP contribution in [0.2, 0.25) is 5.02 Å². The molecule has 1 aromatic rings. The van der Waals surface area contributed by atoms with Crippen molar-refractivity contribution >= 4 is 21.6 Å². The lowest BCUT2D eigenvalue weighted by molar-refractivity contribution is 0.141. The summed E-state index contributed by atoms with van der Waals surface area (Å²) in [7, 11) is -2.33. The summed E-state index contributed by atoms with van der Waals surface area (Å²) in [5.41, 5.74) is -0.547. The number of sulfonamides is 1. The highest BCUT2D eigenvalue weighted by molar-refractivity contribution is 7.89. The van der Waals surface area contributed by atoms with Crippen molar-refractivity contribution in [1.82, 2.24) is 4.72 Å². The van der Waals surface area contributed by atoms with Gasteiger partial charge in [0.1, 0.15) is 4.90 Å². The fraction of sp³-hybridized carbons (Fsp3) is 0.417. The number of hydrogen-bond acceptors (Lipinski definition) is 4. The Morgan fingerprint density at radius 1 is 1.47 bits per heavy atom. The van der Waals surface area contributed by atoms with E-state index in [1.54, 1.807) is 13.8 Å². The summed E-state index contributed by atoms with van der Waals surface area (Å²) < 4.78 is 31.9. The van der Waals surface area contributed by atoms with E-state index >= 15 is 0 Å². The van der Waals surface area contributed by atoms with Gasteiger partial charge in [-0.15, -0.1) is 0 Å². The molecule has 0 heterocycles. The molecule has 0 atom stereocenters. The van der Waals surface area contributed by atoms with Crippen molar-refractivity contribution in [1.29, 1.82) is 5.26 Å². The topological polar surface area (TPSA) is 79.2 Å². The van der Waals surface area contributed by atoms with E-state index in [1.165, 1.54) is 25.3 Å². The van der Waals surface area contributed by atoms with Gasteiger partial charge in [0.05, 0.1) is 28.8 Å². The minimum Gasteiger partial charge on any atom is -0.383 e. The lowest BCUT2D eigenvalue weighted by Gasteiger charge is -2.25. The summed E-state index contributed by atoms with van der Waals surface area (Å²) in [5, 5.41) is 8.88. The standard InChI is InChI=1S/C12H15ClN2O3S/c1-12(2,8-18-3)15-19(16,17)11-6-9(7-14)4-5-10(11)13/h4-6,15H,8H2,1-3H3. The van der Waals surface area contributed by atoms with Gasteiger partial charge in [0.15, 0.2) is 0 Å². The molecule has 0 unspecified atom stereocenters. The maximum atomic E-state index is 12.3. The van der Waals surface area contributed by atoms with E-state index < -0.39 is 15.6 Å². The van der Waals surface area contributed by atoms with Crippen molar-refractivity contribution in [2.24, 2.45) is 0 Å². The van der Waals surface area contributed by atoms with Crippen LogP contribution >= 0.6 is 11.6 Å². The van der Waals surface area contributed by atoms with E-state index in [4.69, 9.17) is 21.6 Å². The van der Waals surface area contributed by atoms with Gasteiger partial charge in [-0.3, -0.25) is 0 Å². The number of nitriles is 1. The zero-order valence-electron chi connectivity index (χ0n) is 10.9. The van der Waals surface area contributed by atoms with Gasteiger partial charge in [-0.1, -0.05) is 11.6 Å². The van der Waals surface area contributed by atoms with Crippen molar-refractivity contribution < 1.29 is 13.2 Å². The minimum atomic E-state index is -3.82. The number of rotatable bonds is 5. The molecule has 1 rings (SSSR count). The average Bonchev–Trinajstić information content (AvgIpc) is 2.27. The molecule has 0 bridgehead atoms. The van der Waals surface area contributed by atoms with E-state index in [1.807, 2.05) is 6.07 Å². The Morgan fingerprint density at radius 2 is 2.11 bits per heavy atom. The van der Waals surface area contributed by atoms with E-state index in [2.05, 4.69) is 4.72 Å². The van der Waals surface area contributed by atoms with Crippen LogP contribution in [-0.2, 0) is 14.8 Å². The van der Waals surface area contributed by atoms with Crippen LogP contribution in [0.4, 0.5) is 0 Å². The monoisotopic (exact) mass is 302 g/mol. The molecule has 0 aliphatic rings. The Kier molecular flexibility index (Phi) is 4.93. The molecule has 7 heteroatoms. The number of methoxy groups -OCH3 is 1. The molecule has 1 aromatic carbocycles. The van der Waals surface area contributed by atoms with Crippen molar-refractivity contribution in [2.75, 3.05) is 13.7 Å². The van der Waals surface area contributed by atoms with Crippen LogP contribution in [0, 0.1) is 11.3 Å². The maximum Gasteiger partial charge on any atom is 0.242 e. The predicted molar refractivity (Wildman–Crippen MR) is 72.4 cm³/mol. The van der Waals surface area contributed by atoms with E-state index in [0.29, 0.717) is 0 Å². The fourth-order valence-corrected chi connectivity index (χ4v) is 3.51. The molecular formula is C12H15ClN2O3S. The highest BCUT2D eigenvalue weighted by Crippen LogP contribution is 2.23. The number of nitrogens with zero attached hydrogens (tertiary/aromatic N) is 1. The highest BCUT2D eigenvalue weighted by atomic mass is 35.5. The van der Waals surface area contributed by atoms with Crippen LogP contribution in [0.1, 0.15) is 19.4 Å². The lowest BCUT2D eigenvalue weighted by atomic mass is 10.1. The molecule has 0 radical (unpaired) electrons. The van der Waals surface area contributed by atoms with Crippen LogP contribution in [-0.4, -0.2) is 27.7 Å². The van der Waals surface area contributed by atoms with Gasteiger partial charge in [0.25, 0.3) is 0 Å². The quantitative estimate of drug-likeness (QED) is 0.901. The number of nitrogens with one attached hydrogen (secondary N) is 1. The van der Waals surface area contributed by atoms with Crippen molar-refractivity contribution in [3.8, 4) is 6.07 Å². The molecule has 0 amide bonds. The summed E-state index contributed by atoms with van der Waals surface area (Å²) >= 11 is 5.88. The summed E-state index contributed by atoms with van der Waals surface area (Å²) in [4.78, 5) is -0.114. The third-order valence-corrected chi connectivity index (χ3v) is 4.45. The molecule has 0 spiro atoms. The fourth-order valence-electron chi connectivity index (χ4n) is 1.59. The number of halogens is 1. The van der Waals surface area contributed by atoms with Gasteiger partial charge in [-0.25, -0.2) is 13.1 Å². The molecule has 0 aromatic heterocycles. The smallest absolute Gasteiger partial charge is 0.242 e. The van der Waals surface area contributed by atoms with Crippen LogP contribution in [0.15, 0.2) is 23.1 Å². The van der Waals surface area contributed by atoms with Gasteiger partial charge in [-0.2, -0.15) is 5.26 Å². The van der Waals surface area contributed by atoms with Crippen molar-refractivity contribution in [3.63, 3.8) is 0 Å². The zero-order chi connectivity index (χ0) is 14.7. The Labute approximate surface area is 118 Å². The Morgan fingerprint density at radius 3 is 2.63 bits per heavy atom. The van der Waals surface area contributed by atoms with Gasteiger partial charge in [0, 0.05) is 7.11 Å². The highest BCUT2D eigenvalue weighted by Gasteiger charge is 2.28. The predicted octanol–water partition coefficient (Wildman–Crippen LogP) is 1.91. The number of benzene rings is 1. The Hall–Kier alpha value is -1.13. The minimum absolute atomic E-state index is 0.0692. The Bertz CT molecular complexity index is 606. The molecule has 5 nitrogen and oxygen atoms in total. The van der Waals surface area contributed by atoms with E-state index in [-0.39, 0.29) is 22.1 Å². The molecule has 0 aliphatic carbocycles. The molecule has 0 saturated carbocycles. The first-order valence-corrected chi connectivity index (χ1v) is 7.30. The number of hydrogen-bond donors (Lipinski definition) is 1. The zero-order valence-corrected chi connectivity index (χ0v) is 12.5. The number of ether oxygens (including phenoxy) is 1. The summed E-state index contributed by atoms with van der Waals surface area (Å²) in [5.74, 6) is 0. The molecule has 0 saturated heterocycles. The molecule has 0 fully saturated rings. The maximum absolute atomic E-state index is 12.3. The van der Waals surface area contributed by atoms with E-state index in [9.17, 15) is 8.42 Å². The molecule has 1 N–H and O–H groups in total. The Balaban J connectivity index is 3.18. The van der Waals surface area contributed by atoms with Crippen molar-refractivity contribution in [3.05, 3.63) is 28.8 Å². The molecule has 0 aliphatic heterocycles. The molecular weight excluding hydrogens is 288 g/mol. The lowest BCUT2D eigenvalue weighted by Crippen LogP contribution is -2.46. The normalized spacial score (nSPS) is 12.2. The van der Waals surface area contributed by atoms with Gasteiger partial charge >= 0.3 is 0 Å². The summed E-state index contributed by atoms with van der Waals surface area (Å²) in [6, 6.07) is 5.97. The SMILES string of the molecule is COCC(C)(C)NS(=O)(=O)c1cc(C#N)ccc1Cl. The molecule has 19 heavy (non-hydrogen) atoms. The second-order valence-corrected chi connectivity index (χ2v) is 6.74. The summed E-state index contributed by atoms with van der Waals surface area (Å²) in [6.07, 6.45) is 0. The first kappa shape index (κ1) is 15.9. The first-order valence-electron chi connectivity index (χ1n) is 5.44. The van der Waals surface area contributed by atoms with Gasteiger partial charge in [0.2, 0.25) is 10.0 Å².